The third-order valence-electron chi connectivity index (χ3n) is 4.95. The van der Waals surface area contributed by atoms with Gasteiger partial charge < -0.3 is 21.1 Å². The number of hydrogen-bond donors (Lipinski definition) is 3. The number of carbonyl (C=O) groups excluding carboxylic acids is 2. The lowest BCUT2D eigenvalue weighted by atomic mass is 10.1. The van der Waals surface area contributed by atoms with E-state index >= 15 is 0 Å². The molecular weight excluding hydrogens is 404 g/mol. The number of aromatic nitrogens is 1. The van der Waals surface area contributed by atoms with Gasteiger partial charge in [0.25, 0.3) is 5.91 Å². The van der Waals surface area contributed by atoms with Gasteiger partial charge in [-0.1, -0.05) is 24.3 Å². The molecule has 0 saturated carbocycles. The van der Waals surface area contributed by atoms with Gasteiger partial charge >= 0.3 is 5.97 Å². The first-order valence-corrected chi connectivity index (χ1v) is 10.2. The lowest BCUT2D eigenvalue weighted by molar-refractivity contribution is 0.0625. The molecule has 1 amide bonds. The zero-order valence-electron chi connectivity index (χ0n) is 18.3. The van der Waals surface area contributed by atoms with Crippen LogP contribution in [0.15, 0.2) is 72.6 Å². The Morgan fingerprint density at radius 3 is 2.50 bits per heavy atom. The first-order valence-electron chi connectivity index (χ1n) is 10.2. The number of esters is 1. The minimum Gasteiger partial charge on any atom is -0.428 e. The second-order valence-electron chi connectivity index (χ2n) is 7.25. The van der Waals surface area contributed by atoms with Crippen LogP contribution >= 0.6 is 0 Å². The summed E-state index contributed by atoms with van der Waals surface area (Å²) in [5.41, 5.74) is 9.84. The Morgan fingerprint density at radius 1 is 1.12 bits per heavy atom. The summed E-state index contributed by atoms with van der Waals surface area (Å²) in [5.74, 6) is 0.0958. The number of carbonyl (C=O) groups is 2. The molecule has 7 heteroatoms. The Labute approximate surface area is 187 Å². The molecule has 164 valence electrons. The van der Waals surface area contributed by atoms with Gasteiger partial charge in [-0.2, -0.15) is 0 Å². The van der Waals surface area contributed by atoms with Crippen molar-refractivity contribution in [3.8, 4) is 0 Å². The highest BCUT2D eigenvalue weighted by atomic mass is 16.5. The van der Waals surface area contributed by atoms with Crippen molar-refractivity contribution in [2.45, 2.75) is 27.3 Å². The van der Waals surface area contributed by atoms with Crippen LogP contribution in [0.25, 0.3) is 0 Å². The summed E-state index contributed by atoms with van der Waals surface area (Å²) in [4.78, 5) is 28.2. The van der Waals surface area contributed by atoms with Gasteiger partial charge in [-0.3, -0.25) is 4.79 Å². The zero-order chi connectivity index (χ0) is 23.1. The number of anilines is 3. The van der Waals surface area contributed by atoms with Crippen molar-refractivity contribution in [3.05, 3.63) is 94.9 Å². The number of ether oxygens (including phenoxy) is 1. The van der Waals surface area contributed by atoms with Crippen LogP contribution < -0.4 is 16.4 Å². The molecule has 32 heavy (non-hydrogen) atoms. The number of amides is 1. The van der Waals surface area contributed by atoms with Crippen molar-refractivity contribution < 1.29 is 14.3 Å². The molecule has 4 N–H and O–H groups in total. The normalized spacial score (nSPS) is 11.0. The maximum Gasteiger partial charge on any atom is 0.343 e. The maximum absolute atomic E-state index is 12.1. The number of rotatable bonds is 8. The largest absolute Gasteiger partial charge is 0.428 e. The minimum atomic E-state index is -0.560. The molecule has 0 saturated heterocycles. The monoisotopic (exact) mass is 430 g/mol. The highest BCUT2D eigenvalue weighted by molar-refractivity contribution is 5.98. The smallest absolute Gasteiger partial charge is 0.343 e. The minimum absolute atomic E-state index is 0.307. The van der Waals surface area contributed by atoms with Gasteiger partial charge in [0.1, 0.15) is 11.6 Å². The zero-order valence-corrected chi connectivity index (χ0v) is 18.3. The second kappa shape index (κ2) is 10.3. The molecule has 0 bridgehead atoms. The standard InChI is InChI=1S/C25H26N4O3/c1-4-17(3)32-25(31)18-9-11-20(12-10-18)29-23-13-22(21(15-28-23)24(26)30)27-14-19-8-6-5-7-16(19)2/h4-13,15H,14H2,1-3H3,(H2,26,30)(H2,27,28,29)/b17-4+. The van der Waals surface area contributed by atoms with Gasteiger partial charge in [0, 0.05) is 24.5 Å². The molecule has 3 rings (SSSR count). The van der Waals surface area contributed by atoms with E-state index < -0.39 is 11.9 Å². The number of pyridine rings is 1. The average Bonchev–Trinajstić information content (AvgIpc) is 2.78. The first kappa shape index (κ1) is 22.6. The Hall–Kier alpha value is -4.13. The average molecular weight is 431 g/mol. The van der Waals surface area contributed by atoms with E-state index in [2.05, 4.69) is 15.6 Å². The van der Waals surface area contributed by atoms with E-state index in [9.17, 15) is 9.59 Å². The van der Waals surface area contributed by atoms with E-state index in [1.807, 2.05) is 31.2 Å². The van der Waals surface area contributed by atoms with Crippen molar-refractivity contribution in [3.63, 3.8) is 0 Å². The van der Waals surface area contributed by atoms with E-state index in [0.29, 0.717) is 34.9 Å². The van der Waals surface area contributed by atoms with Crippen molar-refractivity contribution in [2.24, 2.45) is 5.73 Å². The summed E-state index contributed by atoms with van der Waals surface area (Å²) < 4.78 is 5.20. The van der Waals surface area contributed by atoms with E-state index in [0.717, 1.165) is 16.8 Å². The van der Waals surface area contributed by atoms with E-state index in [1.54, 1.807) is 50.3 Å². The summed E-state index contributed by atoms with van der Waals surface area (Å²) in [7, 11) is 0. The van der Waals surface area contributed by atoms with Gasteiger partial charge in [-0.25, -0.2) is 9.78 Å². The van der Waals surface area contributed by atoms with Crippen LogP contribution in [0.3, 0.4) is 0 Å². The molecule has 0 fully saturated rings. The second-order valence-corrected chi connectivity index (χ2v) is 7.25. The van der Waals surface area contributed by atoms with Crippen molar-refractivity contribution in [1.82, 2.24) is 4.98 Å². The van der Waals surface area contributed by atoms with Crippen LogP contribution in [0, 0.1) is 6.92 Å². The summed E-state index contributed by atoms with van der Waals surface area (Å²) in [6, 6.07) is 16.6. The summed E-state index contributed by atoms with van der Waals surface area (Å²) in [6.07, 6.45) is 3.16. The number of nitrogens with two attached hydrogens (primary N) is 1. The number of allylic oxidation sites excluding steroid dienone is 2. The summed E-state index contributed by atoms with van der Waals surface area (Å²) in [6.45, 7) is 6.10. The Morgan fingerprint density at radius 2 is 1.84 bits per heavy atom. The third-order valence-corrected chi connectivity index (χ3v) is 4.95. The van der Waals surface area contributed by atoms with Gasteiger partial charge in [0.15, 0.2) is 0 Å². The van der Waals surface area contributed by atoms with Crippen LogP contribution in [0.2, 0.25) is 0 Å². The molecule has 0 radical (unpaired) electrons. The number of nitrogens with one attached hydrogen (secondary N) is 2. The maximum atomic E-state index is 12.1. The Bertz CT molecular complexity index is 1150. The van der Waals surface area contributed by atoms with Gasteiger partial charge in [0.05, 0.1) is 16.8 Å². The molecule has 0 aliphatic carbocycles. The van der Waals surface area contributed by atoms with Crippen LogP contribution in [-0.4, -0.2) is 16.9 Å². The molecule has 2 aromatic carbocycles. The summed E-state index contributed by atoms with van der Waals surface area (Å²) >= 11 is 0. The van der Waals surface area contributed by atoms with E-state index in [4.69, 9.17) is 10.5 Å². The fourth-order valence-electron chi connectivity index (χ4n) is 2.97. The Kier molecular flexibility index (Phi) is 7.23. The molecule has 3 aromatic rings. The van der Waals surface area contributed by atoms with Crippen LogP contribution in [0.5, 0.6) is 0 Å². The number of hydrogen-bond acceptors (Lipinski definition) is 6. The first-order chi connectivity index (χ1) is 15.4. The third kappa shape index (κ3) is 5.72. The van der Waals surface area contributed by atoms with Crippen molar-refractivity contribution >= 4 is 29.1 Å². The van der Waals surface area contributed by atoms with Gasteiger partial charge in [-0.15, -0.1) is 0 Å². The fourth-order valence-corrected chi connectivity index (χ4v) is 2.97. The van der Waals surface area contributed by atoms with Gasteiger partial charge in [-0.05, 0) is 62.2 Å². The number of primary amides is 1. The molecule has 1 heterocycles. The molecule has 0 spiro atoms. The number of nitrogens with zero attached hydrogens (tertiary/aromatic N) is 1. The number of aryl methyl sites for hydroxylation is 1. The lowest BCUT2D eigenvalue weighted by Gasteiger charge is -2.14. The molecule has 0 unspecified atom stereocenters. The SMILES string of the molecule is C/C=C(\C)OC(=O)c1ccc(Nc2cc(NCc3ccccc3C)c(C(N)=O)cn2)cc1. The fraction of sp³-hybridized carbons (Fsp3) is 0.160. The topological polar surface area (TPSA) is 106 Å². The molecule has 0 aliphatic rings. The van der Waals surface area contributed by atoms with E-state index in [1.165, 1.54) is 6.20 Å². The Balaban J connectivity index is 1.75. The molecule has 0 aliphatic heterocycles. The predicted molar refractivity (Wildman–Crippen MR) is 126 cm³/mol. The van der Waals surface area contributed by atoms with Crippen LogP contribution in [0.1, 0.15) is 45.7 Å². The predicted octanol–water partition coefficient (Wildman–Crippen LogP) is 4.93. The van der Waals surface area contributed by atoms with Crippen LogP contribution in [-0.2, 0) is 11.3 Å². The van der Waals surface area contributed by atoms with E-state index in [-0.39, 0.29) is 0 Å². The molecule has 7 nitrogen and oxygen atoms in total. The summed E-state index contributed by atoms with van der Waals surface area (Å²) in [5, 5.41) is 6.45. The molecule has 1 aromatic heterocycles. The molecule has 0 atom stereocenters. The highest BCUT2D eigenvalue weighted by Crippen LogP contribution is 2.23. The molecular formula is C25H26N4O3. The number of benzene rings is 2. The van der Waals surface area contributed by atoms with Crippen molar-refractivity contribution in [1.29, 1.82) is 0 Å². The quantitative estimate of drug-likeness (QED) is 0.346. The van der Waals surface area contributed by atoms with Crippen molar-refractivity contribution in [2.75, 3.05) is 10.6 Å². The van der Waals surface area contributed by atoms with Crippen LogP contribution in [0.4, 0.5) is 17.2 Å². The van der Waals surface area contributed by atoms with Gasteiger partial charge in [0.2, 0.25) is 0 Å². The highest BCUT2D eigenvalue weighted by Gasteiger charge is 2.12. The lowest BCUT2D eigenvalue weighted by Crippen LogP contribution is -2.15.